The fourth-order valence-corrected chi connectivity index (χ4v) is 3.22. The Hall–Kier alpha value is -3.43. The molecule has 9 heteroatoms. The average Bonchev–Trinajstić information content (AvgIpc) is 2.90. The van der Waals surface area contributed by atoms with E-state index in [-0.39, 0.29) is 19.2 Å². The third-order valence-electron chi connectivity index (χ3n) is 5.14. The van der Waals surface area contributed by atoms with Gasteiger partial charge in [0.1, 0.15) is 0 Å². The molecule has 0 saturated heterocycles. The van der Waals surface area contributed by atoms with Gasteiger partial charge in [-0.2, -0.15) is 0 Å². The molecule has 0 radical (unpaired) electrons. The Kier molecular flexibility index (Phi) is 13.8. The van der Waals surface area contributed by atoms with Crippen molar-refractivity contribution in [1.82, 2.24) is 0 Å². The average molecular weight is 519 g/mol. The molecule has 0 amide bonds. The van der Waals surface area contributed by atoms with Gasteiger partial charge in [0.2, 0.25) is 5.76 Å². The van der Waals surface area contributed by atoms with Crippen LogP contribution in [0.5, 0.6) is 23.0 Å². The number of unbranched alkanes of at least 4 members (excludes halogenated alkanes) is 1. The minimum Gasteiger partial charge on any atom is -0.493 e. The smallest absolute Gasteiger partial charge is 0.371 e. The summed E-state index contributed by atoms with van der Waals surface area (Å²) in [6.07, 6.45) is 3.99. The summed E-state index contributed by atoms with van der Waals surface area (Å²) in [4.78, 5) is 11.4. The van der Waals surface area contributed by atoms with Gasteiger partial charge in [-0.25, -0.2) is 4.79 Å². The van der Waals surface area contributed by atoms with Crippen molar-refractivity contribution in [1.29, 1.82) is 0 Å². The van der Waals surface area contributed by atoms with Gasteiger partial charge in [-0.1, -0.05) is 25.5 Å². The monoisotopic (exact) mass is 518 g/mol. The molecule has 0 aliphatic carbocycles. The molecule has 0 aliphatic heterocycles. The summed E-state index contributed by atoms with van der Waals surface area (Å²) in [6, 6.07) is 11.0. The first-order chi connectivity index (χ1) is 18.0. The molecule has 37 heavy (non-hydrogen) atoms. The number of benzene rings is 2. The Labute approximate surface area is 218 Å². The molecule has 2 rings (SSSR count). The van der Waals surface area contributed by atoms with Gasteiger partial charge in [0, 0.05) is 13.5 Å². The molecule has 0 bridgehead atoms. The molecule has 0 unspecified atom stereocenters. The van der Waals surface area contributed by atoms with E-state index in [0.717, 1.165) is 18.4 Å². The van der Waals surface area contributed by atoms with E-state index in [4.69, 9.17) is 33.2 Å². The number of rotatable bonds is 19. The third kappa shape index (κ3) is 10.6. The first-order valence-corrected chi connectivity index (χ1v) is 12.4. The summed E-state index contributed by atoms with van der Waals surface area (Å²) < 4.78 is 38.6. The second-order valence-electron chi connectivity index (χ2n) is 7.90. The molecule has 1 N–H and O–H groups in total. The fourth-order valence-electron chi connectivity index (χ4n) is 3.22. The highest BCUT2D eigenvalue weighted by Crippen LogP contribution is 2.31. The van der Waals surface area contributed by atoms with Crippen LogP contribution in [0.3, 0.4) is 0 Å². The van der Waals surface area contributed by atoms with Crippen molar-refractivity contribution in [3.8, 4) is 23.0 Å². The van der Waals surface area contributed by atoms with Crippen LogP contribution in [0.15, 0.2) is 42.2 Å². The Bertz CT molecular complexity index is 988. The Morgan fingerprint density at radius 3 is 2.32 bits per heavy atom. The number of carboxylic acid groups (broad SMARTS) is 1. The molecule has 0 aromatic heterocycles. The van der Waals surface area contributed by atoms with Gasteiger partial charge in [0.15, 0.2) is 29.8 Å². The number of ether oxygens (including phenoxy) is 7. The fraction of sp³-hybridized carbons (Fsp3) is 0.464. The molecule has 2 aromatic carbocycles. The Balaban J connectivity index is 2.05. The SMILES string of the molecule is CCCCOc1cc(/C=C(/OCC)C(=O)O)ccc1OCCc1ccc(OCOCCOC)c(OC)c1. The lowest BCUT2D eigenvalue weighted by Crippen LogP contribution is -2.08. The number of aliphatic carboxylic acids is 1. The molecule has 0 atom stereocenters. The predicted molar refractivity (Wildman–Crippen MR) is 140 cm³/mol. The number of hydrogen-bond acceptors (Lipinski definition) is 8. The van der Waals surface area contributed by atoms with Crippen LogP contribution in [-0.4, -0.2) is 65.1 Å². The quantitative estimate of drug-likeness (QED) is 0.120. The molecule has 9 nitrogen and oxygen atoms in total. The number of methoxy groups -OCH3 is 2. The summed E-state index contributed by atoms with van der Waals surface area (Å²) in [5.74, 6) is 1.09. The molecule has 0 aliphatic rings. The summed E-state index contributed by atoms with van der Waals surface area (Å²) in [5.41, 5.74) is 1.66. The maximum absolute atomic E-state index is 11.4. The van der Waals surface area contributed by atoms with Crippen LogP contribution in [-0.2, 0) is 25.4 Å². The molecule has 0 heterocycles. The maximum atomic E-state index is 11.4. The molecule has 0 fully saturated rings. The van der Waals surface area contributed by atoms with Crippen molar-refractivity contribution in [3.63, 3.8) is 0 Å². The van der Waals surface area contributed by atoms with E-state index < -0.39 is 5.97 Å². The zero-order chi connectivity index (χ0) is 26.9. The van der Waals surface area contributed by atoms with Gasteiger partial charge < -0.3 is 38.3 Å². The minimum atomic E-state index is -1.12. The van der Waals surface area contributed by atoms with Crippen LogP contribution in [0, 0.1) is 0 Å². The van der Waals surface area contributed by atoms with Gasteiger partial charge in [0.05, 0.1) is 40.1 Å². The normalized spacial score (nSPS) is 11.2. The second kappa shape index (κ2) is 17.1. The predicted octanol–water partition coefficient (Wildman–Crippen LogP) is 4.96. The highest BCUT2D eigenvalue weighted by Gasteiger charge is 2.12. The third-order valence-corrected chi connectivity index (χ3v) is 5.14. The molecular weight excluding hydrogens is 480 g/mol. The van der Waals surface area contributed by atoms with Crippen molar-refractivity contribution >= 4 is 12.0 Å². The standard InChI is InChI=1S/C28H38O9/c1-5-7-13-35-26-18-22(19-27(28(29)30)34-6-2)9-11-24(26)36-14-12-21-8-10-23(25(17-21)32-4)37-20-33-16-15-31-3/h8-11,17-19H,5-7,12-16,20H2,1-4H3,(H,29,30)/b27-19+. The second-order valence-corrected chi connectivity index (χ2v) is 7.90. The van der Waals surface area contributed by atoms with E-state index in [1.54, 1.807) is 39.3 Å². The van der Waals surface area contributed by atoms with Crippen LogP contribution in [0.25, 0.3) is 6.08 Å². The maximum Gasteiger partial charge on any atom is 0.371 e. The van der Waals surface area contributed by atoms with Gasteiger partial charge >= 0.3 is 5.97 Å². The van der Waals surface area contributed by atoms with Crippen molar-refractivity contribution in [3.05, 3.63) is 53.3 Å². The summed E-state index contributed by atoms with van der Waals surface area (Å²) in [5, 5.41) is 9.34. The Morgan fingerprint density at radius 1 is 0.865 bits per heavy atom. The van der Waals surface area contributed by atoms with Crippen molar-refractivity contribution in [2.75, 3.05) is 54.0 Å². The van der Waals surface area contributed by atoms with Crippen LogP contribution in [0.1, 0.15) is 37.8 Å². The zero-order valence-electron chi connectivity index (χ0n) is 22.1. The first kappa shape index (κ1) is 29.8. The van der Waals surface area contributed by atoms with E-state index in [2.05, 4.69) is 6.92 Å². The number of carbonyl (C=O) groups is 1. The van der Waals surface area contributed by atoms with Crippen molar-refractivity contribution in [2.45, 2.75) is 33.1 Å². The van der Waals surface area contributed by atoms with Gasteiger partial charge in [-0.15, -0.1) is 0 Å². The largest absolute Gasteiger partial charge is 0.493 e. The molecule has 2 aromatic rings. The van der Waals surface area contributed by atoms with Gasteiger partial charge in [0.25, 0.3) is 0 Å². The van der Waals surface area contributed by atoms with E-state index in [1.807, 2.05) is 18.2 Å². The zero-order valence-corrected chi connectivity index (χ0v) is 22.1. The highest BCUT2D eigenvalue weighted by atomic mass is 16.7. The van der Waals surface area contributed by atoms with Crippen LogP contribution < -0.4 is 18.9 Å². The van der Waals surface area contributed by atoms with E-state index in [9.17, 15) is 9.90 Å². The lowest BCUT2D eigenvalue weighted by molar-refractivity contribution is -0.136. The number of hydrogen-bond donors (Lipinski definition) is 1. The van der Waals surface area contributed by atoms with E-state index >= 15 is 0 Å². The summed E-state index contributed by atoms with van der Waals surface area (Å²) in [7, 11) is 3.20. The summed E-state index contributed by atoms with van der Waals surface area (Å²) in [6.45, 7) is 6.07. The molecular formula is C28H38O9. The highest BCUT2D eigenvalue weighted by molar-refractivity contribution is 5.90. The Morgan fingerprint density at radius 2 is 1.62 bits per heavy atom. The van der Waals surface area contributed by atoms with E-state index in [1.165, 1.54) is 6.08 Å². The molecule has 204 valence electrons. The lowest BCUT2D eigenvalue weighted by atomic mass is 10.1. The first-order valence-electron chi connectivity index (χ1n) is 12.4. The molecule has 0 saturated carbocycles. The van der Waals surface area contributed by atoms with Crippen molar-refractivity contribution in [2.24, 2.45) is 0 Å². The molecule has 0 spiro atoms. The van der Waals surface area contributed by atoms with Gasteiger partial charge in [-0.3, -0.25) is 0 Å². The van der Waals surface area contributed by atoms with Crippen molar-refractivity contribution < 1.29 is 43.1 Å². The van der Waals surface area contributed by atoms with Crippen LogP contribution in [0.2, 0.25) is 0 Å². The van der Waals surface area contributed by atoms with Crippen LogP contribution >= 0.6 is 0 Å². The summed E-state index contributed by atoms with van der Waals surface area (Å²) >= 11 is 0. The minimum absolute atomic E-state index is 0.104. The lowest BCUT2D eigenvalue weighted by Gasteiger charge is -2.15. The topological polar surface area (TPSA) is 102 Å². The van der Waals surface area contributed by atoms with Crippen LogP contribution in [0.4, 0.5) is 0 Å². The van der Waals surface area contributed by atoms with Gasteiger partial charge in [-0.05, 0) is 54.8 Å². The number of carboxylic acids is 1. The van der Waals surface area contributed by atoms with E-state index in [0.29, 0.717) is 61.4 Å².